The van der Waals surface area contributed by atoms with Crippen LogP contribution in [0.25, 0.3) is 0 Å². The maximum atomic E-state index is 10.9. The molecule has 72 valence electrons. The number of carbonyl (C=O) groups is 1. The molecule has 7 heteroatoms. The number of sulfonamides is 1. The number of nitrogens with one attached hydrogen (secondary N) is 1. The molecule has 0 saturated carbocycles. The summed E-state index contributed by atoms with van der Waals surface area (Å²) in [6, 6.07) is 0. The van der Waals surface area contributed by atoms with Gasteiger partial charge in [-0.1, -0.05) is 0 Å². The standard InChI is InChI=1S/C5H11ClN2O3S/c1-5(2,4(7)9)8-12(10,11)3-6/h8H,3H2,1-2H3,(H2,7,9). The molecule has 0 rings (SSSR count). The lowest BCUT2D eigenvalue weighted by Gasteiger charge is -2.20. The van der Waals surface area contributed by atoms with Gasteiger partial charge in [-0.3, -0.25) is 4.79 Å². The Morgan fingerprint density at radius 2 is 2.00 bits per heavy atom. The fraction of sp³-hybridized carbons (Fsp3) is 0.800. The maximum absolute atomic E-state index is 10.9. The Morgan fingerprint density at radius 1 is 1.58 bits per heavy atom. The molecule has 0 aliphatic rings. The van der Waals surface area contributed by atoms with Gasteiger partial charge in [-0.25, -0.2) is 8.42 Å². The van der Waals surface area contributed by atoms with E-state index in [1.54, 1.807) is 0 Å². The highest BCUT2D eigenvalue weighted by molar-refractivity contribution is 7.90. The number of alkyl halides is 1. The molecule has 0 saturated heterocycles. The first-order valence-electron chi connectivity index (χ1n) is 3.09. The predicted octanol–water partition coefficient (Wildman–Crippen LogP) is -0.634. The zero-order chi connectivity index (χ0) is 9.99. The third kappa shape index (κ3) is 3.38. The van der Waals surface area contributed by atoms with Crippen LogP contribution >= 0.6 is 11.6 Å². The van der Waals surface area contributed by atoms with Crippen LogP contribution in [0.4, 0.5) is 0 Å². The lowest BCUT2D eigenvalue weighted by Crippen LogP contribution is -2.53. The van der Waals surface area contributed by atoms with Gasteiger partial charge in [0.15, 0.2) is 0 Å². The smallest absolute Gasteiger partial charge is 0.238 e. The number of amides is 1. The summed E-state index contributed by atoms with van der Waals surface area (Å²) < 4.78 is 23.8. The number of hydrogen-bond donors (Lipinski definition) is 2. The van der Waals surface area contributed by atoms with Crippen molar-refractivity contribution in [1.82, 2.24) is 4.72 Å². The van der Waals surface area contributed by atoms with Gasteiger partial charge < -0.3 is 5.73 Å². The van der Waals surface area contributed by atoms with Crippen molar-refractivity contribution in [3.05, 3.63) is 0 Å². The molecule has 1 amide bonds. The lowest BCUT2D eigenvalue weighted by atomic mass is 10.1. The number of hydrogen-bond acceptors (Lipinski definition) is 3. The van der Waals surface area contributed by atoms with Gasteiger partial charge in [0.2, 0.25) is 15.9 Å². The fourth-order valence-corrected chi connectivity index (χ4v) is 1.56. The van der Waals surface area contributed by atoms with Crippen LogP contribution in [0.3, 0.4) is 0 Å². The number of rotatable bonds is 4. The van der Waals surface area contributed by atoms with Gasteiger partial charge in [-0.05, 0) is 13.8 Å². The topological polar surface area (TPSA) is 89.3 Å². The largest absolute Gasteiger partial charge is 0.368 e. The number of carbonyl (C=O) groups excluding carboxylic acids is 1. The summed E-state index contributed by atoms with van der Waals surface area (Å²) in [6.45, 7) is 2.72. The molecule has 12 heavy (non-hydrogen) atoms. The van der Waals surface area contributed by atoms with E-state index in [4.69, 9.17) is 17.3 Å². The molecule has 0 unspecified atom stereocenters. The third-order valence-electron chi connectivity index (χ3n) is 1.17. The molecule has 0 atom stereocenters. The van der Waals surface area contributed by atoms with Crippen molar-refractivity contribution < 1.29 is 13.2 Å². The summed E-state index contributed by atoms with van der Waals surface area (Å²) in [5, 5.41) is -0.594. The Bertz CT molecular complexity index is 272. The summed E-state index contributed by atoms with van der Waals surface area (Å²) in [7, 11) is -3.61. The molecule has 3 N–H and O–H groups in total. The first kappa shape index (κ1) is 11.7. The monoisotopic (exact) mass is 214 g/mol. The first-order valence-corrected chi connectivity index (χ1v) is 5.27. The number of nitrogens with two attached hydrogens (primary N) is 1. The molecule has 0 aliphatic heterocycles. The zero-order valence-electron chi connectivity index (χ0n) is 6.80. The molecule has 5 nitrogen and oxygen atoms in total. The van der Waals surface area contributed by atoms with Gasteiger partial charge in [0, 0.05) is 0 Å². The highest BCUT2D eigenvalue weighted by atomic mass is 35.5. The average Bonchev–Trinajstić information content (AvgIpc) is 1.85. The van der Waals surface area contributed by atoms with Crippen molar-refractivity contribution >= 4 is 27.5 Å². The van der Waals surface area contributed by atoms with Gasteiger partial charge in [0.1, 0.15) is 10.8 Å². The Balaban J connectivity index is 4.57. The van der Waals surface area contributed by atoms with E-state index in [0.29, 0.717) is 0 Å². The Kier molecular flexibility index (Phi) is 3.49. The van der Waals surface area contributed by atoms with Crippen molar-refractivity contribution in [3.63, 3.8) is 0 Å². The molecule has 0 heterocycles. The lowest BCUT2D eigenvalue weighted by molar-refractivity contribution is -0.122. The van der Waals surface area contributed by atoms with E-state index in [0.717, 1.165) is 0 Å². The Morgan fingerprint density at radius 3 is 2.25 bits per heavy atom. The van der Waals surface area contributed by atoms with Gasteiger partial charge in [-0.2, -0.15) is 4.72 Å². The van der Waals surface area contributed by atoms with Crippen LogP contribution in [0.1, 0.15) is 13.8 Å². The minimum Gasteiger partial charge on any atom is -0.368 e. The van der Waals surface area contributed by atoms with E-state index in [9.17, 15) is 13.2 Å². The van der Waals surface area contributed by atoms with Crippen molar-refractivity contribution in [3.8, 4) is 0 Å². The van der Waals surface area contributed by atoms with Gasteiger partial charge in [-0.15, -0.1) is 11.6 Å². The average molecular weight is 215 g/mol. The zero-order valence-corrected chi connectivity index (χ0v) is 8.37. The van der Waals surface area contributed by atoms with Crippen molar-refractivity contribution in [2.45, 2.75) is 19.4 Å². The fourth-order valence-electron chi connectivity index (χ4n) is 0.466. The first-order chi connectivity index (χ1) is 5.21. The van der Waals surface area contributed by atoms with Crippen LogP contribution < -0.4 is 10.5 Å². The van der Waals surface area contributed by atoms with Crippen LogP contribution in [-0.4, -0.2) is 25.1 Å². The van der Waals surface area contributed by atoms with Crippen LogP contribution in [0.2, 0.25) is 0 Å². The van der Waals surface area contributed by atoms with E-state index in [1.807, 2.05) is 4.72 Å². The normalized spacial score (nSPS) is 12.9. The molecule has 0 aromatic carbocycles. The quantitative estimate of drug-likeness (QED) is 0.611. The Labute approximate surface area is 76.3 Å². The summed E-state index contributed by atoms with van der Waals surface area (Å²) >= 11 is 5.10. The van der Waals surface area contributed by atoms with Crippen LogP contribution in [0.15, 0.2) is 0 Å². The van der Waals surface area contributed by atoms with E-state index in [-0.39, 0.29) is 0 Å². The van der Waals surface area contributed by atoms with E-state index >= 15 is 0 Å². The highest BCUT2D eigenvalue weighted by Crippen LogP contribution is 2.03. The van der Waals surface area contributed by atoms with Gasteiger partial charge in [0.05, 0.1) is 0 Å². The molecule has 0 fully saturated rings. The SMILES string of the molecule is CC(C)(NS(=O)(=O)CCl)C(N)=O. The second-order valence-corrected chi connectivity index (χ2v) is 5.12. The summed E-state index contributed by atoms with van der Waals surface area (Å²) in [5.74, 6) is -0.754. The Hall–Kier alpha value is -0.330. The van der Waals surface area contributed by atoms with Crippen LogP contribution in [-0.2, 0) is 14.8 Å². The van der Waals surface area contributed by atoms with Gasteiger partial charge >= 0.3 is 0 Å². The molecular formula is C5H11ClN2O3S. The number of primary amides is 1. The molecule has 0 aromatic rings. The molecule has 0 bridgehead atoms. The van der Waals surface area contributed by atoms with Crippen molar-refractivity contribution in [2.75, 3.05) is 5.21 Å². The van der Waals surface area contributed by atoms with Crippen molar-refractivity contribution in [2.24, 2.45) is 5.73 Å². The molecule has 0 spiro atoms. The molecule has 0 aromatic heterocycles. The van der Waals surface area contributed by atoms with E-state index in [1.165, 1.54) is 13.8 Å². The van der Waals surface area contributed by atoms with Crippen LogP contribution in [0.5, 0.6) is 0 Å². The highest BCUT2D eigenvalue weighted by Gasteiger charge is 2.29. The van der Waals surface area contributed by atoms with Crippen LogP contribution in [0, 0.1) is 0 Å². The summed E-state index contributed by atoms with van der Waals surface area (Å²) in [5.41, 5.74) is 3.63. The summed E-state index contributed by atoms with van der Waals surface area (Å²) in [4.78, 5) is 10.7. The maximum Gasteiger partial charge on any atom is 0.238 e. The molecule has 0 aliphatic carbocycles. The minimum atomic E-state index is -3.61. The predicted molar refractivity (Wildman–Crippen MR) is 46.0 cm³/mol. The van der Waals surface area contributed by atoms with E-state index in [2.05, 4.69) is 0 Å². The third-order valence-corrected chi connectivity index (χ3v) is 3.14. The second-order valence-electron chi connectivity index (χ2n) is 2.82. The van der Waals surface area contributed by atoms with Gasteiger partial charge in [0.25, 0.3) is 0 Å². The van der Waals surface area contributed by atoms with E-state index < -0.39 is 26.7 Å². The number of halogens is 1. The molecule has 0 radical (unpaired) electrons. The second kappa shape index (κ2) is 3.59. The molecular weight excluding hydrogens is 204 g/mol. The minimum absolute atomic E-state index is 0.594. The summed E-state index contributed by atoms with van der Waals surface area (Å²) in [6.07, 6.45) is 0. The van der Waals surface area contributed by atoms with Crippen molar-refractivity contribution in [1.29, 1.82) is 0 Å².